The van der Waals surface area contributed by atoms with Crippen LogP contribution in [0.1, 0.15) is 28.3 Å². The molecular formula is C18H21ClN2O2. The van der Waals surface area contributed by atoms with Crippen LogP contribution in [-0.2, 0) is 6.54 Å². The number of hydrogen-bond donors (Lipinski definition) is 0. The van der Waals surface area contributed by atoms with Gasteiger partial charge in [-0.25, -0.2) is 0 Å². The van der Waals surface area contributed by atoms with Crippen molar-refractivity contribution in [1.82, 2.24) is 9.80 Å². The number of rotatable bonds is 3. The molecule has 1 aromatic heterocycles. The fourth-order valence-electron chi connectivity index (χ4n) is 2.89. The molecule has 0 spiro atoms. The average Bonchev–Trinajstić information content (AvgIpc) is 2.84. The third-order valence-electron chi connectivity index (χ3n) is 4.15. The van der Waals surface area contributed by atoms with Gasteiger partial charge in [-0.15, -0.1) is 0 Å². The number of hydrogen-bond acceptors (Lipinski definition) is 3. The number of aryl methyl sites for hydroxylation is 1. The predicted molar refractivity (Wildman–Crippen MR) is 90.7 cm³/mol. The SMILES string of the molecule is Cc1ccc(C(=O)N2CCCN(Cc3ccc(Cl)cc3)CC2)o1. The van der Waals surface area contributed by atoms with Gasteiger partial charge in [0.15, 0.2) is 5.76 Å². The molecule has 3 rings (SSSR count). The highest BCUT2D eigenvalue weighted by molar-refractivity contribution is 6.30. The summed E-state index contributed by atoms with van der Waals surface area (Å²) < 4.78 is 5.46. The van der Waals surface area contributed by atoms with Gasteiger partial charge in [-0.05, 0) is 43.2 Å². The summed E-state index contributed by atoms with van der Waals surface area (Å²) in [4.78, 5) is 16.7. The molecule has 122 valence electrons. The van der Waals surface area contributed by atoms with E-state index < -0.39 is 0 Å². The summed E-state index contributed by atoms with van der Waals surface area (Å²) in [6.07, 6.45) is 0.971. The quantitative estimate of drug-likeness (QED) is 0.862. The third kappa shape index (κ3) is 4.15. The molecule has 1 aromatic carbocycles. The lowest BCUT2D eigenvalue weighted by Gasteiger charge is -2.21. The van der Waals surface area contributed by atoms with Crippen LogP contribution in [0.15, 0.2) is 40.8 Å². The first kappa shape index (κ1) is 16.1. The molecular weight excluding hydrogens is 312 g/mol. The van der Waals surface area contributed by atoms with Crippen LogP contribution in [0.5, 0.6) is 0 Å². The van der Waals surface area contributed by atoms with E-state index in [-0.39, 0.29) is 5.91 Å². The zero-order valence-corrected chi connectivity index (χ0v) is 14.1. The Hall–Kier alpha value is -1.78. The van der Waals surface area contributed by atoms with Crippen LogP contribution in [0.2, 0.25) is 5.02 Å². The number of benzene rings is 1. The lowest BCUT2D eigenvalue weighted by Crippen LogP contribution is -2.34. The molecule has 0 saturated carbocycles. The molecule has 0 aliphatic carbocycles. The van der Waals surface area contributed by atoms with Gasteiger partial charge >= 0.3 is 0 Å². The topological polar surface area (TPSA) is 36.7 Å². The standard InChI is InChI=1S/C18H21ClN2O2/c1-14-3-8-17(23-14)18(22)21-10-2-9-20(11-12-21)13-15-4-6-16(19)7-5-15/h3-8H,2,9-13H2,1H3. The minimum absolute atomic E-state index is 0.00792. The van der Waals surface area contributed by atoms with Gasteiger partial charge in [-0.1, -0.05) is 23.7 Å². The van der Waals surface area contributed by atoms with Crippen molar-refractivity contribution in [1.29, 1.82) is 0 Å². The highest BCUT2D eigenvalue weighted by atomic mass is 35.5. The van der Waals surface area contributed by atoms with E-state index in [2.05, 4.69) is 17.0 Å². The number of nitrogens with zero attached hydrogens (tertiary/aromatic N) is 2. The van der Waals surface area contributed by atoms with Gasteiger partial charge in [0.05, 0.1) is 0 Å². The van der Waals surface area contributed by atoms with Crippen LogP contribution in [0.4, 0.5) is 0 Å². The molecule has 1 amide bonds. The van der Waals surface area contributed by atoms with Crippen LogP contribution in [0.25, 0.3) is 0 Å². The maximum atomic E-state index is 12.5. The second kappa shape index (κ2) is 7.20. The number of furan rings is 1. The molecule has 0 radical (unpaired) electrons. The maximum Gasteiger partial charge on any atom is 0.289 e. The normalized spacial score (nSPS) is 16.3. The summed E-state index contributed by atoms with van der Waals surface area (Å²) in [5.41, 5.74) is 1.25. The smallest absolute Gasteiger partial charge is 0.289 e. The van der Waals surface area contributed by atoms with Gasteiger partial charge in [0, 0.05) is 37.7 Å². The van der Waals surface area contributed by atoms with Crippen LogP contribution < -0.4 is 0 Å². The van der Waals surface area contributed by atoms with Crippen LogP contribution in [0.3, 0.4) is 0 Å². The number of amides is 1. The number of halogens is 1. The van der Waals surface area contributed by atoms with E-state index in [1.807, 2.05) is 30.0 Å². The largest absolute Gasteiger partial charge is 0.456 e. The average molecular weight is 333 g/mol. The van der Waals surface area contributed by atoms with E-state index in [4.69, 9.17) is 16.0 Å². The second-order valence-electron chi connectivity index (χ2n) is 5.96. The maximum absolute atomic E-state index is 12.5. The van der Waals surface area contributed by atoms with Gasteiger partial charge in [0.25, 0.3) is 5.91 Å². The van der Waals surface area contributed by atoms with Crippen molar-refractivity contribution < 1.29 is 9.21 Å². The van der Waals surface area contributed by atoms with Crippen molar-refractivity contribution in [3.05, 3.63) is 58.5 Å². The minimum atomic E-state index is -0.00792. The van der Waals surface area contributed by atoms with Crippen molar-refractivity contribution >= 4 is 17.5 Å². The van der Waals surface area contributed by atoms with E-state index in [1.165, 1.54) is 5.56 Å². The molecule has 1 saturated heterocycles. The molecule has 0 N–H and O–H groups in total. The third-order valence-corrected chi connectivity index (χ3v) is 4.40. The molecule has 23 heavy (non-hydrogen) atoms. The Balaban J connectivity index is 1.58. The van der Waals surface area contributed by atoms with Crippen LogP contribution in [-0.4, -0.2) is 41.9 Å². The second-order valence-corrected chi connectivity index (χ2v) is 6.40. The zero-order valence-electron chi connectivity index (χ0n) is 13.3. The first-order valence-corrected chi connectivity index (χ1v) is 8.32. The molecule has 5 heteroatoms. The summed E-state index contributed by atoms with van der Waals surface area (Å²) in [7, 11) is 0. The van der Waals surface area contributed by atoms with E-state index in [0.717, 1.165) is 49.9 Å². The molecule has 0 unspecified atom stereocenters. The van der Waals surface area contributed by atoms with E-state index in [1.54, 1.807) is 6.07 Å². The molecule has 1 aliphatic rings. The summed E-state index contributed by atoms with van der Waals surface area (Å²) in [6.45, 7) is 6.10. The molecule has 0 bridgehead atoms. The van der Waals surface area contributed by atoms with E-state index in [0.29, 0.717) is 5.76 Å². The minimum Gasteiger partial charge on any atom is -0.456 e. The Bertz CT molecular complexity index is 666. The van der Waals surface area contributed by atoms with Crippen molar-refractivity contribution in [2.24, 2.45) is 0 Å². The lowest BCUT2D eigenvalue weighted by atomic mass is 10.2. The highest BCUT2D eigenvalue weighted by Gasteiger charge is 2.22. The molecule has 1 aliphatic heterocycles. The summed E-state index contributed by atoms with van der Waals surface area (Å²) in [6, 6.07) is 11.5. The molecule has 2 aromatic rings. The van der Waals surface area contributed by atoms with E-state index in [9.17, 15) is 4.79 Å². The van der Waals surface area contributed by atoms with Crippen LogP contribution in [0, 0.1) is 6.92 Å². The first-order chi connectivity index (χ1) is 11.1. The lowest BCUT2D eigenvalue weighted by molar-refractivity contribution is 0.0728. The zero-order chi connectivity index (χ0) is 16.2. The molecule has 4 nitrogen and oxygen atoms in total. The summed E-state index contributed by atoms with van der Waals surface area (Å²) in [5, 5.41) is 0.759. The van der Waals surface area contributed by atoms with Gasteiger partial charge < -0.3 is 9.32 Å². The Kier molecular flexibility index (Phi) is 5.03. The fraction of sp³-hybridized carbons (Fsp3) is 0.389. The Labute approximate surface area is 141 Å². The van der Waals surface area contributed by atoms with Gasteiger partial charge in [0.1, 0.15) is 5.76 Å². The predicted octanol–water partition coefficient (Wildman–Crippen LogP) is 3.59. The van der Waals surface area contributed by atoms with Gasteiger partial charge in [0.2, 0.25) is 0 Å². The van der Waals surface area contributed by atoms with Crippen molar-refractivity contribution in [2.75, 3.05) is 26.2 Å². The Morgan fingerprint density at radius 1 is 1.09 bits per heavy atom. The van der Waals surface area contributed by atoms with E-state index >= 15 is 0 Å². The Morgan fingerprint density at radius 2 is 1.87 bits per heavy atom. The van der Waals surface area contributed by atoms with Gasteiger partial charge in [-0.2, -0.15) is 0 Å². The van der Waals surface area contributed by atoms with Crippen molar-refractivity contribution in [3.8, 4) is 0 Å². The summed E-state index contributed by atoms with van der Waals surface area (Å²) >= 11 is 5.93. The van der Waals surface area contributed by atoms with Crippen molar-refractivity contribution in [2.45, 2.75) is 19.9 Å². The fourth-order valence-corrected chi connectivity index (χ4v) is 3.01. The number of carbonyl (C=O) groups excluding carboxylic acids is 1. The molecule has 2 heterocycles. The first-order valence-electron chi connectivity index (χ1n) is 7.94. The highest BCUT2D eigenvalue weighted by Crippen LogP contribution is 2.15. The molecule has 1 fully saturated rings. The summed E-state index contributed by atoms with van der Waals surface area (Å²) in [5.74, 6) is 1.20. The van der Waals surface area contributed by atoms with Gasteiger partial charge in [-0.3, -0.25) is 9.69 Å². The monoisotopic (exact) mass is 332 g/mol. The van der Waals surface area contributed by atoms with Crippen LogP contribution >= 0.6 is 11.6 Å². The van der Waals surface area contributed by atoms with Crippen molar-refractivity contribution in [3.63, 3.8) is 0 Å². The Morgan fingerprint density at radius 3 is 2.57 bits per heavy atom. The number of carbonyl (C=O) groups is 1. The molecule has 0 atom stereocenters.